The number of imidazole rings is 1. The highest BCUT2D eigenvalue weighted by Crippen LogP contribution is 2.35. The van der Waals surface area contributed by atoms with Gasteiger partial charge in [0.15, 0.2) is 0 Å². The Morgan fingerprint density at radius 3 is 2.81 bits per heavy atom. The number of methoxy groups -OCH3 is 1. The molecule has 0 amide bonds. The summed E-state index contributed by atoms with van der Waals surface area (Å²) in [6.45, 7) is 8.91. The van der Waals surface area contributed by atoms with Gasteiger partial charge in [0.2, 0.25) is 0 Å². The fourth-order valence-electron chi connectivity index (χ4n) is 3.40. The second-order valence-electron chi connectivity index (χ2n) is 6.59. The molecule has 21 heavy (non-hydrogen) atoms. The Morgan fingerprint density at radius 2 is 2.19 bits per heavy atom. The Kier molecular flexibility index (Phi) is 3.66. The van der Waals surface area contributed by atoms with Crippen LogP contribution in [0.3, 0.4) is 0 Å². The summed E-state index contributed by atoms with van der Waals surface area (Å²) in [6.07, 6.45) is 2.40. The van der Waals surface area contributed by atoms with Crippen molar-refractivity contribution in [1.82, 2.24) is 14.9 Å². The standard InChI is InChI=1S/C17H25N3O/c1-12(2)20-15-7-6-13(21-4)10-14(15)19-16(20)17(3)8-5-9-18-11-17/h6-7,10,12,18H,5,8-9,11H2,1-4H3. The molecule has 0 aliphatic carbocycles. The van der Waals surface area contributed by atoms with E-state index in [0.717, 1.165) is 24.4 Å². The summed E-state index contributed by atoms with van der Waals surface area (Å²) in [4.78, 5) is 4.98. The van der Waals surface area contributed by atoms with Crippen molar-refractivity contribution in [3.8, 4) is 5.75 Å². The van der Waals surface area contributed by atoms with Gasteiger partial charge in [-0.2, -0.15) is 0 Å². The largest absolute Gasteiger partial charge is 0.497 e. The molecular formula is C17H25N3O. The van der Waals surface area contributed by atoms with Crippen LogP contribution in [0.15, 0.2) is 18.2 Å². The number of ether oxygens (including phenoxy) is 1. The molecular weight excluding hydrogens is 262 g/mol. The van der Waals surface area contributed by atoms with Crippen molar-refractivity contribution >= 4 is 11.0 Å². The predicted octanol–water partition coefficient (Wildman–Crippen LogP) is 3.27. The Bertz CT molecular complexity index is 639. The van der Waals surface area contributed by atoms with E-state index in [1.807, 2.05) is 12.1 Å². The highest BCUT2D eigenvalue weighted by atomic mass is 16.5. The maximum absolute atomic E-state index is 5.34. The fourth-order valence-corrected chi connectivity index (χ4v) is 3.40. The average molecular weight is 287 g/mol. The maximum atomic E-state index is 5.34. The molecule has 0 radical (unpaired) electrons. The second kappa shape index (κ2) is 5.34. The van der Waals surface area contributed by atoms with Crippen LogP contribution >= 0.6 is 0 Å². The quantitative estimate of drug-likeness (QED) is 0.941. The number of piperidine rings is 1. The van der Waals surface area contributed by atoms with Crippen LogP contribution in [0.25, 0.3) is 11.0 Å². The van der Waals surface area contributed by atoms with Crippen LogP contribution in [0, 0.1) is 0 Å². The lowest BCUT2D eigenvalue weighted by atomic mass is 9.81. The zero-order valence-corrected chi connectivity index (χ0v) is 13.4. The first kappa shape index (κ1) is 14.4. The Labute approximate surface area is 126 Å². The van der Waals surface area contributed by atoms with E-state index in [9.17, 15) is 0 Å². The van der Waals surface area contributed by atoms with E-state index >= 15 is 0 Å². The highest BCUT2D eigenvalue weighted by molar-refractivity contribution is 5.78. The van der Waals surface area contributed by atoms with Gasteiger partial charge in [-0.1, -0.05) is 6.92 Å². The van der Waals surface area contributed by atoms with Crippen molar-refractivity contribution in [3.63, 3.8) is 0 Å². The summed E-state index contributed by atoms with van der Waals surface area (Å²) in [7, 11) is 1.70. The lowest BCUT2D eigenvalue weighted by Crippen LogP contribution is -2.43. The monoisotopic (exact) mass is 287 g/mol. The number of hydrogen-bond acceptors (Lipinski definition) is 3. The molecule has 1 aromatic carbocycles. The first-order chi connectivity index (χ1) is 10.0. The second-order valence-corrected chi connectivity index (χ2v) is 6.59. The highest BCUT2D eigenvalue weighted by Gasteiger charge is 2.34. The summed E-state index contributed by atoms with van der Waals surface area (Å²) in [6, 6.07) is 6.59. The summed E-state index contributed by atoms with van der Waals surface area (Å²) >= 11 is 0. The molecule has 1 atom stereocenters. The summed E-state index contributed by atoms with van der Waals surface area (Å²) in [5.41, 5.74) is 2.34. The summed E-state index contributed by atoms with van der Waals surface area (Å²) in [5.74, 6) is 2.07. The van der Waals surface area contributed by atoms with Crippen molar-refractivity contribution in [3.05, 3.63) is 24.0 Å². The molecule has 1 aliphatic heterocycles. The molecule has 0 spiro atoms. The van der Waals surface area contributed by atoms with Crippen LogP contribution in [0.4, 0.5) is 0 Å². The van der Waals surface area contributed by atoms with Gasteiger partial charge in [-0.15, -0.1) is 0 Å². The number of fused-ring (bicyclic) bond motifs is 1. The van der Waals surface area contributed by atoms with Gasteiger partial charge in [0.1, 0.15) is 11.6 Å². The molecule has 1 fully saturated rings. The Balaban J connectivity index is 2.18. The Morgan fingerprint density at radius 1 is 1.38 bits per heavy atom. The van der Waals surface area contributed by atoms with Crippen molar-refractivity contribution in [2.24, 2.45) is 0 Å². The third-order valence-electron chi connectivity index (χ3n) is 4.55. The van der Waals surface area contributed by atoms with Crippen molar-refractivity contribution in [2.75, 3.05) is 20.2 Å². The number of aromatic nitrogens is 2. The SMILES string of the molecule is COc1ccc2c(c1)nc(C1(C)CCCNC1)n2C(C)C. The van der Waals surface area contributed by atoms with E-state index in [-0.39, 0.29) is 5.41 Å². The van der Waals surface area contributed by atoms with Gasteiger partial charge in [0.25, 0.3) is 0 Å². The minimum absolute atomic E-state index is 0.106. The van der Waals surface area contributed by atoms with Crippen LogP contribution in [0.5, 0.6) is 5.75 Å². The zero-order chi connectivity index (χ0) is 15.0. The fraction of sp³-hybridized carbons (Fsp3) is 0.588. The first-order valence-corrected chi connectivity index (χ1v) is 7.82. The smallest absolute Gasteiger partial charge is 0.121 e. The molecule has 1 N–H and O–H groups in total. The third-order valence-corrected chi connectivity index (χ3v) is 4.55. The van der Waals surface area contributed by atoms with Crippen LogP contribution in [0.1, 0.15) is 45.5 Å². The number of hydrogen-bond donors (Lipinski definition) is 1. The lowest BCUT2D eigenvalue weighted by Gasteiger charge is -2.34. The molecule has 1 saturated heterocycles. The molecule has 1 aliphatic rings. The predicted molar refractivity (Wildman–Crippen MR) is 86.1 cm³/mol. The van der Waals surface area contributed by atoms with Gasteiger partial charge in [-0.3, -0.25) is 0 Å². The maximum Gasteiger partial charge on any atom is 0.121 e. The topological polar surface area (TPSA) is 39.1 Å². The van der Waals surface area contributed by atoms with E-state index < -0.39 is 0 Å². The summed E-state index contributed by atoms with van der Waals surface area (Å²) < 4.78 is 7.73. The average Bonchev–Trinajstić information content (AvgIpc) is 2.87. The van der Waals surface area contributed by atoms with Gasteiger partial charge in [0.05, 0.1) is 18.1 Å². The van der Waals surface area contributed by atoms with E-state index in [4.69, 9.17) is 9.72 Å². The zero-order valence-electron chi connectivity index (χ0n) is 13.4. The molecule has 2 aromatic rings. The third kappa shape index (κ3) is 2.42. The molecule has 2 heterocycles. The van der Waals surface area contributed by atoms with Crippen molar-refractivity contribution in [2.45, 2.75) is 45.1 Å². The van der Waals surface area contributed by atoms with Gasteiger partial charge < -0.3 is 14.6 Å². The Hall–Kier alpha value is -1.55. The minimum Gasteiger partial charge on any atom is -0.497 e. The number of rotatable bonds is 3. The van der Waals surface area contributed by atoms with Crippen LogP contribution in [-0.4, -0.2) is 29.8 Å². The van der Waals surface area contributed by atoms with Crippen molar-refractivity contribution < 1.29 is 4.74 Å². The molecule has 4 nitrogen and oxygen atoms in total. The number of benzene rings is 1. The molecule has 4 heteroatoms. The van der Waals surface area contributed by atoms with Crippen LogP contribution < -0.4 is 10.1 Å². The van der Waals surface area contributed by atoms with Gasteiger partial charge in [-0.25, -0.2) is 4.98 Å². The van der Waals surface area contributed by atoms with Gasteiger partial charge in [0, 0.05) is 24.1 Å². The van der Waals surface area contributed by atoms with E-state index in [2.05, 4.69) is 36.7 Å². The molecule has 1 aromatic heterocycles. The van der Waals surface area contributed by atoms with E-state index in [1.54, 1.807) is 7.11 Å². The number of nitrogens with one attached hydrogen (secondary N) is 1. The molecule has 114 valence electrons. The lowest BCUT2D eigenvalue weighted by molar-refractivity contribution is 0.310. The normalized spacial score (nSPS) is 22.9. The van der Waals surface area contributed by atoms with Crippen LogP contribution in [0.2, 0.25) is 0 Å². The van der Waals surface area contributed by atoms with Crippen LogP contribution in [-0.2, 0) is 5.41 Å². The van der Waals surface area contributed by atoms with E-state index in [1.165, 1.54) is 24.2 Å². The number of nitrogens with zero attached hydrogens (tertiary/aromatic N) is 2. The summed E-state index contributed by atoms with van der Waals surface area (Å²) in [5, 5.41) is 3.53. The molecule has 3 rings (SSSR count). The minimum atomic E-state index is 0.106. The van der Waals surface area contributed by atoms with Gasteiger partial charge >= 0.3 is 0 Å². The molecule has 0 saturated carbocycles. The van der Waals surface area contributed by atoms with E-state index in [0.29, 0.717) is 6.04 Å². The van der Waals surface area contributed by atoms with Crippen molar-refractivity contribution in [1.29, 1.82) is 0 Å². The molecule has 1 unspecified atom stereocenters. The van der Waals surface area contributed by atoms with Gasteiger partial charge in [-0.05, 0) is 45.4 Å². The first-order valence-electron chi connectivity index (χ1n) is 7.82. The molecule has 0 bridgehead atoms.